The van der Waals surface area contributed by atoms with E-state index in [9.17, 15) is 13.9 Å². The number of aliphatic hydroxyl groups is 1. The summed E-state index contributed by atoms with van der Waals surface area (Å²) in [5, 5.41) is 10.0. The van der Waals surface area contributed by atoms with Crippen molar-refractivity contribution in [2.45, 2.75) is 44.6 Å². The van der Waals surface area contributed by atoms with Gasteiger partial charge in [-0.3, -0.25) is 0 Å². The lowest BCUT2D eigenvalue weighted by Gasteiger charge is -2.17. The zero-order valence-corrected chi connectivity index (χ0v) is 11.7. The van der Waals surface area contributed by atoms with Crippen molar-refractivity contribution in [1.29, 1.82) is 0 Å². The number of rotatable bonds is 4. The van der Waals surface area contributed by atoms with Crippen molar-refractivity contribution < 1.29 is 13.9 Å². The first kappa shape index (κ1) is 13.9. The summed E-state index contributed by atoms with van der Waals surface area (Å²) >= 11 is 3.05. The molecule has 1 unspecified atom stereocenters. The maximum Gasteiger partial charge on any atom is 0.143 e. The molecule has 0 bridgehead atoms. The molecular formula is C14H17BrF2O. The molecule has 18 heavy (non-hydrogen) atoms. The molecule has 0 amide bonds. The third kappa shape index (κ3) is 3.09. The Morgan fingerprint density at radius 1 is 1.28 bits per heavy atom. The highest BCUT2D eigenvalue weighted by Crippen LogP contribution is 2.30. The summed E-state index contributed by atoms with van der Waals surface area (Å²) < 4.78 is 27.5. The van der Waals surface area contributed by atoms with E-state index in [1.54, 1.807) is 0 Å². The van der Waals surface area contributed by atoms with E-state index in [-0.39, 0.29) is 16.5 Å². The van der Waals surface area contributed by atoms with Gasteiger partial charge in [-0.2, -0.15) is 0 Å². The van der Waals surface area contributed by atoms with E-state index in [2.05, 4.69) is 15.9 Å². The van der Waals surface area contributed by atoms with Gasteiger partial charge in [0.25, 0.3) is 0 Å². The third-order valence-electron chi connectivity index (χ3n) is 3.77. The SMILES string of the molecule is OC(CCc1c(F)ccc(Br)c1F)C1CCCC1. The van der Waals surface area contributed by atoms with Crippen LogP contribution in [0, 0.1) is 17.6 Å². The first-order chi connectivity index (χ1) is 8.59. The quantitative estimate of drug-likeness (QED) is 0.824. The highest BCUT2D eigenvalue weighted by molar-refractivity contribution is 9.10. The van der Waals surface area contributed by atoms with Gasteiger partial charge in [-0.15, -0.1) is 0 Å². The summed E-state index contributed by atoms with van der Waals surface area (Å²) in [7, 11) is 0. The summed E-state index contributed by atoms with van der Waals surface area (Å²) in [6.07, 6.45) is 4.60. The van der Waals surface area contributed by atoms with E-state index in [1.807, 2.05) is 0 Å². The Hall–Kier alpha value is -0.480. The number of benzene rings is 1. The average Bonchev–Trinajstić information content (AvgIpc) is 2.87. The normalized spacial score (nSPS) is 18.2. The van der Waals surface area contributed by atoms with Gasteiger partial charge < -0.3 is 5.11 Å². The van der Waals surface area contributed by atoms with Crippen molar-refractivity contribution in [2.75, 3.05) is 0 Å². The van der Waals surface area contributed by atoms with Gasteiger partial charge in [-0.25, -0.2) is 8.78 Å². The predicted molar refractivity (Wildman–Crippen MR) is 70.3 cm³/mol. The fourth-order valence-electron chi connectivity index (χ4n) is 2.67. The number of hydrogen-bond acceptors (Lipinski definition) is 1. The summed E-state index contributed by atoms with van der Waals surface area (Å²) in [5.74, 6) is -0.772. The summed E-state index contributed by atoms with van der Waals surface area (Å²) in [4.78, 5) is 0. The van der Waals surface area contributed by atoms with E-state index < -0.39 is 17.7 Å². The van der Waals surface area contributed by atoms with Gasteiger partial charge in [0.15, 0.2) is 0 Å². The molecule has 1 aromatic carbocycles. The van der Waals surface area contributed by atoms with E-state index in [1.165, 1.54) is 12.1 Å². The van der Waals surface area contributed by atoms with Crippen LogP contribution in [0.15, 0.2) is 16.6 Å². The second kappa shape index (κ2) is 6.11. The summed E-state index contributed by atoms with van der Waals surface area (Å²) in [5.41, 5.74) is 0.0708. The summed E-state index contributed by atoms with van der Waals surface area (Å²) in [6.45, 7) is 0. The molecule has 0 heterocycles. The van der Waals surface area contributed by atoms with Gasteiger partial charge in [-0.1, -0.05) is 12.8 Å². The smallest absolute Gasteiger partial charge is 0.143 e. The Morgan fingerprint density at radius 3 is 2.61 bits per heavy atom. The lowest BCUT2D eigenvalue weighted by Crippen LogP contribution is -2.18. The van der Waals surface area contributed by atoms with Crippen LogP contribution in [0.3, 0.4) is 0 Å². The Morgan fingerprint density at radius 2 is 1.94 bits per heavy atom. The van der Waals surface area contributed by atoms with Gasteiger partial charge in [0.2, 0.25) is 0 Å². The zero-order valence-electron chi connectivity index (χ0n) is 10.1. The second-order valence-corrected chi connectivity index (χ2v) is 5.83. The molecule has 1 aliphatic rings. The van der Waals surface area contributed by atoms with Crippen LogP contribution in [-0.4, -0.2) is 11.2 Å². The van der Waals surface area contributed by atoms with E-state index in [4.69, 9.17) is 0 Å². The molecule has 1 saturated carbocycles. The average molecular weight is 319 g/mol. The first-order valence-corrected chi connectivity index (χ1v) is 7.19. The molecule has 100 valence electrons. The first-order valence-electron chi connectivity index (χ1n) is 6.40. The number of halogens is 3. The van der Waals surface area contributed by atoms with Crippen LogP contribution in [0.25, 0.3) is 0 Å². The monoisotopic (exact) mass is 318 g/mol. The van der Waals surface area contributed by atoms with Gasteiger partial charge in [0.1, 0.15) is 11.6 Å². The minimum absolute atomic E-state index is 0.0708. The molecule has 1 aromatic rings. The Bertz CT molecular complexity index is 417. The van der Waals surface area contributed by atoms with Gasteiger partial charge in [-0.05, 0) is 59.7 Å². The van der Waals surface area contributed by atoms with Crippen molar-refractivity contribution in [3.8, 4) is 0 Å². The Labute approximate surface area is 114 Å². The zero-order chi connectivity index (χ0) is 13.1. The van der Waals surface area contributed by atoms with E-state index >= 15 is 0 Å². The molecule has 1 fully saturated rings. The highest BCUT2D eigenvalue weighted by Gasteiger charge is 2.23. The van der Waals surface area contributed by atoms with Gasteiger partial charge in [0.05, 0.1) is 10.6 Å². The molecule has 1 aliphatic carbocycles. The van der Waals surface area contributed by atoms with Crippen molar-refractivity contribution >= 4 is 15.9 Å². The maximum atomic E-state index is 13.7. The number of hydrogen-bond donors (Lipinski definition) is 1. The fraction of sp³-hybridized carbons (Fsp3) is 0.571. The molecule has 0 aliphatic heterocycles. The molecule has 1 N–H and O–H groups in total. The van der Waals surface area contributed by atoms with Crippen LogP contribution >= 0.6 is 15.9 Å². The molecule has 0 radical (unpaired) electrons. The standard InChI is InChI=1S/C14H17BrF2O/c15-11-6-7-12(16)10(14(11)17)5-8-13(18)9-3-1-2-4-9/h6-7,9,13,18H,1-5,8H2. The molecule has 0 aromatic heterocycles. The molecule has 0 spiro atoms. The lowest BCUT2D eigenvalue weighted by molar-refractivity contribution is 0.102. The van der Waals surface area contributed by atoms with Crippen molar-refractivity contribution in [3.63, 3.8) is 0 Å². The molecule has 0 saturated heterocycles. The number of aliphatic hydroxyl groups excluding tert-OH is 1. The van der Waals surface area contributed by atoms with Crippen LogP contribution < -0.4 is 0 Å². The van der Waals surface area contributed by atoms with Crippen LogP contribution in [0.4, 0.5) is 8.78 Å². The van der Waals surface area contributed by atoms with Crippen LogP contribution in [0.5, 0.6) is 0 Å². The molecule has 1 atom stereocenters. The largest absolute Gasteiger partial charge is 0.393 e. The minimum atomic E-state index is -0.548. The highest BCUT2D eigenvalue weighted by atomic mass is 79.9. The minimum Gasteiger partial charge on any atom is -0.393 e. The molecule has 2 rings (SSSR count). The summed E-state index contributed by atoms with van der Waals surface area (Å²) in [6, 6.07) is 2.62. The molecule has 1 nitrogen and oxygen atoms in total. The fourth-order valence-corrected chi connectivity index (χ4v) is 3.04. The Kier molecular flexibility index (Phi) is 4.73. The van der Waals surface area contributed by atoms with Crippen molar-refractivity contribution in [2.24, 2.45) is 5.92 Å². The van der Waals surface area contributed by atoms with E-state index in [0.29, 0.717) is 12.3 Å². The molecule has 4 heteroatoms. The maximum absolute atomic E-state index is 13.7. The van der Waals surface area contributed by atoms with Crippen molar-refractivity contribution in [1.82, 2.24) is 0 Å². The van der Waals surface area contributed by atoms with E-state index in [0.717, 1.165) is 25.7 Å². The Balaban J connectivity index is 1.99. The van der Waals surface area contributed by atoms with Gasteiger partial charge in [0, 0.05) is 5.56 Å². The van der Waals surface area contributed by atoms with Crippen LogP contribution in [0.1, 0.15) is 37.7 Å². The van der Waals surface area contributed by atoms with Gasteiger partial charge >= 0.3 is 0 Å². The topological polar surface area (TPSA) is 20.2 Å². The third-order valence-corrected chi connectivity index (χ3v) is 4.39. The lowest BCUT2D eigenvalue weighted by atomic mass is 9.95. The second-order valence-electron chi connectivity index (χ2n) is 4.97. The van der Waals surface area contributed by atoms with Crippen LogP contribution in [0.2, 0.25) is 0 Å². The van der Waals surface area contributed by atoms with Crippen LogP contribution in [-0.2, 0) is 6.42 Å². The predicted octanol–water partition coefficient (Wildman–Crippen LogP) is 4.21. The molecular weight excluding hydrogens is 302 g/mol. The van der Waals surface area contributed by atoms with Crippen molar-refractivity contribution in [3.05, 3.63) is 33.8 Å².